The Hall–Kier alpha value is -3.68. The summed E-state index contributed by atoms with van der Waals surface area (Å²) in [4.78, 5) is 27.7. The molecule has 0 unspecified atom stereocenters. The number of nitrogens with two attached hydrogens (primary N) is 1. The molecule has 0 saturated heterocycles. The van der Waals surface area contributed by atoms with E-state index in [-0.39, 0.29) is 16.9 Å². The number of benzene rings is 2. The average molecular weight is 369 g/mol. The van der Waals surface area contributed by atoms with E-state index in [1.165, 1.54) is 33.5 Å². The number of aromatic nitrogens is 1. The molecule has 8 heteroatoms. The molecule has 0 aliphatic carbocycles. The second-order valence-corrected chi connectivity index (χ2v) is 5.65. The van der Waals surface area contributed by atoms with Gasteiger partial charge in [-0.2, -0.15) is 0 Å². The molecule has 0 atom stereocenters. The van der Waals surface area contributed by atoms with Gasteiger partial charge in [-0.15, -0.1) is 0 Å². The fraction of sp³-hybridized carbons (Fsp3) is 0.158. The van der Waals surface area contributed by atoms with E-state index in [2.05, 4.69) is 10.3 Å². The van der Waals surface area contributed by atoms with Crippen molar-refractivity contribution in [3.05, 3.63) is 47.7 Å². The van der Waals surface area contributed by atoms with Gasteiger partial charge in [0.1, 0.15) is 5.69 Å². The zero-order chi connectivity index (χ0) is 19.6. The monoisotopic (exact) mass is 369 g/mol. The Labute approximate surface area is 155 Å². The smallest absolute Gasteiger partial charge is 0.276 e. The van der Waals surface area contributed by atoms with Crippen LogP contribution in [0.2, 0.25) is 0 Å². The van der Waals surface area contributed by atoms with Crippen LogP contribution in [0.3, 0.4) is 0 Å². The summed E-state index contributed by atoms with van der Waals surface area (Å²) in [5.74, 6) is -0.120. The highest BCUT2D eigenvalue weighted by Crippen LogP contribution is 2.35. The number of para-hydroxylation sites is 1. The lowest BCUT2D eigenvalue weighted by Crippen LogP contribution is -2.19. The first-order valence-electron chi connectivity index (χ1n) is 8.02. The van der Waals surface area contributed by atoms with Crippen LogP contribution in [0, 0.1) is 0 Å². The predicted octanol–water partition coefficient (Wildman–Crippen LogP) is 2.54. The number of anilines is 1. The van der Waals surface area contributed by atoms with Crippen LogP contribution in [0.15, 0.2) is 36.4 Å². The van der Waals surface area contributed by atoms with Crippen molar-refractivity contribution in [3.63, 3.8) is 0 Å². The zero-order valence-electron chi connectivity index (χ0n) is 15.1. The van der Waals surface area contributed by atoms with Crippen molar-refractivity contribution in [1.82, 2.24) is 4.98 Å². The van der Waals surface area contributed by atoms with Gasteiger partial charge in [0, 0.05) is 17.0 Å². The Kier molecular flexibility index (Phi) is 4.89. The fourth-order valence-electron chi connectivity index (χ4n) is 2.86. The number of H-pyrrole nitrogens is 1. The molecule has 0 aliphatic heterocycles. The number of hydrogen-bond donors (Lipinski definition) is 3. The summed E-state index contributed by atoms with van der Waals surface area (Å²) in [6, 6.07) is 10.3. The molecular formula is C19H19N3O5. The van der Waals surface area contributed by atoms with Crippen molar-refractivity contribution < 1.29 is 23.8 Å². The molecule has 0 radical (unpaired) electrons. The molecule has 4 N–H and O–H groups in total. The van der Waals surface area contributed by atoms with Gasteiger partial charge in [-0.05, 0) is 18.2 Å². The van der Waals surface area contributed by atoms with Gasteiger partial charge < -0.3 is 30.2 Å². The maximum atomic E-state index is 12.8. The molecule has 3 rings (SSSR count). The predicted molar refractivity (Wildman–Crippen MR) is 101 cm³/mol. The van der Waals surface area contributed by atoms with Crippen LogP contribution in [0.5, 0.6) is 17.2 Å². The number of fused-ring (bicyclic) bond motifs is 1. The van der Waals surface area contributed by atoms with Crippen LogP contribution in [0.4, 0.5) is 5.69 Å². The van der Waals surface area contributed by atoms with Crippen LogP contribution in [-0.2, 0) is 0 Å². The number of hydrogen-bond acceptors (Lipinski definition) is 5. The van der Waals surface area contributed by atoms with E-state index in [0.29, 0.717) is 17.2 Å². The minimum Gasteiger partial charge on any atom is -0.494 e. The molecule has 0 aliphatic rings. The number of primary amides is 1. The first-order valence-corrected chi connectivity index (χ1v) is 8.02. The van der Waals surface area contributed by atoms with Crippen LogP contribution >= 0.6 is 0 Å². The lowest BCUT2D eigenvalue weighted by Gasteiger charge is -2.14. The summed E-state index contributed by atoms with van der Waals surface area (Å²) in [5.41, 5.74) is 6.71. The summed E-state index contributed by atoms with van der Waals surface area (Å²) >= 11 is 0. The first kappa shape index (κ1) is 18.1. The molecule has 1 heterocycles. The van der Waals surface area contributed by atoms with Crippen molar-refractivity contribution in [2.75, 3.05) is 26.6 Å². The quantitative estimate of drug-likeness (QED) is 0.617. The highest BCUT2D eigenvalue weighted by atomic mass is 16.5. The highest BCUT2D eigenvalue weighted by molar-refractivity contribution is 6.12. The topological polar surface area (TPSA) is 116 Å². The number of carbonyl (C=O) groups is 2. The number of nitrogens with one attached hydrogen (secondary N) is 2. The van der Waals surface area contributed by atoms with Gasteiger partial charge in [0.05, 0.1) is 32.6 Å². The average Bonchev–Trinajstić information content (AvgIpc) is 3.06. The van der Waals surface area contributed by atoms with E-state index in [0.717, 1.165) is 10.9 Å². The minimum absolute atomic E-state index is 0.0936. The Bertz CT molecular complexity index is 1030. The third-order valence-corrected chi connectivity index (χ3v) is 4.13. The molecule has 3 aromatic rings. The molecule has 140 valence electrons. The van der Waals surface area contributed by atoms with E-state index in [1.807, 2.05) is 24.3 Å². The molecule has 8 nitrogen and oxygen atoms in total. The van der Waals surface area contributed by atoms with E-state index in [4.69, 9.17) is 19.9 Å². The molecule has 1 aromatic heterocycles. The lowest BCUT2D eigenvalue weighted by atomic mass is 10.1. The molecule has 0 saturated carbocycles. The zero-order valence-corrected chi connectivity index (χ0v) is 15.1. The van der Waals surface area contributed by atoms with Crippen LogP contribution in [-0.4, -0.2) is 38.1 Å². The molecule has 2 aromatic carbocycles. The van der Waals surface area contributed by atoms with Gasteiger partial charge in [0.2, 0.25) is 0 Å². The van der Waals surface area contributed by atoms with Gasteiger partial charge in [0.25, 0.3) is 11.8 Å². The number of carbonyl (C=O) groups excluding carboxylic acids is 2. The maximum Gasteiger partial charge on any atom is 0.276 e. The van der Waals surface area contributed by atoms with Crippen molar-refractivity contribution in [2.24, 2.45) is 5.73 Å². The van der Waals surface area contributed by atoms with Gasteiger partial charge in [0.15, 0.2) is 17.2 Å². The summed E-state index contributed by atoms with van der Waals surface area (Å²) in [6.45, 7) is 0. The Balaban J connectivity index is 2.05. The molecule has 0 spiro atoms. The lowest BCUT2D eigenvalue weighted by molar-refractivity contribution is 0.100. The van der Waals surface area contributed by atoms with E-state index in [1.54, 1.807) is 0 Å². The summed E-state index contributed by atoms with van der Waals surface area (Å²) in [7, 11) is 4.38. The van der Waals surface area contributed by atoms with E-state index < -0.39 is 11.8 Å². The second kappa shape index (κ2) is 7.28. The molecular weight excluding hydrogens is 350 g/mol. The minimum atomic E-state index is -0.713. The van der Waals surface area contributed by atoms with Crippen LogP contribution in [0.1, 0.15) is 20.8 Å². The summed E-state index contributed by atoms with van der Waals surface area (Å²) in [6.07, 6.45) is 0. The van der Waals surface area contributed by atoms with Crippen molar-refractivity contribution in [1.29, 1.82) is 0 Å². The van der Waals surface area contributed by atoms with Gasteiger partial charge >= 0.3 is 0 Å². The van der Waals surface area contributed by atoms with Crippen molar-refractivity contribution in [3.8, 4) is 17.2 Å². The molecule has 0 fully saturated rings. The number of methoxy groups -OCH3 is 3. The van der Waals surface area contributed by atoms with Crippen molar-refractivity contribution in [2.45, 2.75) is 0 Å². The Morgan fingerprint density at radius 1 is 1.00 bits per heavy atom. The van der Waals surface area contributed by atoms with Gasteiger partial charge in [-0.3, -0.25) is 9.59 Å². The molecule has 2 amide bonds. The number of amides is 2. The number of rotatable bonds is 6. The second-order valence-electron chi connectivity index (χ2n) is 5.65. The van der Waals surface area contributed by atoms with Crippen molar-refractivity contribution >= 4 is 28.4 Å². The third-order valence-electron chi connectivity index (χ3n) is 4.13. The Morgan fingerprint density at radius 3 is 2.30 bits per heavy atom. The fourth-order valence-corrected chi connectivity index (χ4v) is 2.86. The standard InChI is InChI=1S/C19H19N3O5/c1-25-14-8-11(18(20)23)13(9-15(14)26-2)22-19(24)16-17(27-3)10-6-4-5-7-12(10)21-16/h4-9,21H,1-3H3,(H2,20,23)(H,22,24). The molecule has 27 heavy (non-hydrogen) atoms. The number of ether oxygens (including phenoxy) is 3. The Morgan fingerprint density at radius 2 is 1.67 bits per heavy atom. The third kappa shape index (κ3) is 3.24. The van der Waals surface area contributed by atoms with Gasteiger partial charge in [-0.25, -0.2) is 0 Å². The highest BCUT2D eigenvalue weighted by Gasteiger charge is 2.22. The maximum absolute atomic E-state index is 12.8. The molecule has 0 bridgehead atoms. The normalized spacial score (nSPS) is 10.5. The van der Waals surface area contributed by atoms with E-state index in [9.17, 15) is 9.59 Å². The SMILES string of the molecule is COc1cc(NC(=O)c2[nH]c3ccccc3c2OC)c(C(N)=O)cc1OC. The number of aromatic amines is 1. The largest absolute Gasteiger partial charge is 0.494 e. The van der Waals surface area contributed by atoms with E-state index >= 15 is 0 Å². The van der Waals surface area contributed by atoms with Gasteiger partial charge in [-0.1, -0.05) is 12.1 Å². The van der Waals surface area contributed by atoms with Crippen LogP contribution in [0.25, 0.3) is 10.9 Å². The summed E-state index contributed by atoms with van der Waals surface area (Å²) in [5, 5.41) is 3.45. The summed E-state index contributed by atoms with van der Waals surface area (Å²) < 4.78 is 15.8. The van der Waals surface area contributed by atoms with Crippen LogP contribution < -0.4 is 25.3 Å². The first-order chi connectivity index (χ1) is 13.0.